The average molecular weight is 342 g/mol. The highest BCUT2D eigenvalue weighted by Gasteiger charge is 2.16. The second-order valence-electron chi connectivity index (χ2n) is 5.02. The average Bonchev–Trinajstić information content (AvgIpc) is 2.42. The van der Waals surface area contributed by atoms with Crippen LogP contribution in [0.15, 0.2) is 22.7 Å². The van der Waals surface area contributed by atoms with E-state index >= 15 is 0 Å². The molecule has 1 unspecified atom stereocenters. The Morgan fingerprint density at radius 3 is 2.85 bits per heavy atom. The Bertz CT molecular complexity index is 475. The molecule has 20 heavy (non-hydrogen) atoms. The minimum atomic E-state index is -0.0774. The summed E-state index contributed by atoms with van der Waals surface area (Å²) in [5.74, 6) is -0.0774. The van der Waals surface area contributed by atoms with Gasteiger partial charge in [0, 0.05) is 41.4 Å². The monoisotopic (exact) mass is 341 g/mol. The molecular formula is C14H20BrN3O2. The lowest BCUT2D eigenvalue weighted by Gasteiger charge is -2.29. The summed E-state index contributed by atoms with van der Waals surface area (Å²) in [6, 6.07) is 5.30. The molecule has 5 nitrogen and oxygen atoms in total. The van der Waals surface area contributed by atoms with Gasteiger partial charge < -0.3 is 15.8 Å². The summed E-state index contributed by atoms with van der Waals surface area (Å²) in [6.45, 7) is 6.24. The molecule has 1 aromatic rings. The van der Waals surface area contributed by atoms with Crippen molar-refractivity contribution in [1.82, 2.24) is 10.2 Å². The van der Waals surface area contributed by atoms with E-state index in [1.807, 2.05) is 6.92 Å². The Hall–Kier alpha value is -1.11. The minimum absolute atomic E-state index is 0.0774. The van der Waals surface area contributed by atoms with E-state index < -0.39 is 0 Å². The lowest BCUT2D eigenvalue weighted by atomic mass is 10.2. The molecule has 3 N–H and O–H groups in total. The molecule has 0 aromatic heterocycles. The van der Waals surface area contributed by atoms with Crippen molar-refractivity contribution in [3.05, 3.63) is 28.2 Å². The van der Waals surface area contributed by atoms with Gasteiger partial charge >= 0.3 is 0 Å². The number of nitrogen functional groups attached to an aromatic ring is 1. The van der Waals surface area contributed by atoms with Crippen LogP contribution in [0.3, 0.4) is 0 Å². The summed E-state index contributed by atoms with van der Waals surface area (Å²) in [7, 11) is 0. The van der Waals surface area contributed by atoms with Gasteiger partial charge in [-0.05, 0) is 41.1 Å². The van der Waals surface area contributed by atoms with Crippen LogP contribution in [-0.2, 0) is 4.74 Å². The van der Waals surface area contributed by atoms with Crippen molar-refractivity contribution in [3.8, 4) is 0 Å². The molecule has 1 aromatic carbocycles. The van der Waals surface area contributed by atoms with Crippen LogP contribution in [0, 0.1) is 0 Å². The van der Waals surface area contributed by atoms with Crippen molar-refractivity contribution in [2.45, 2.75) is 13.0 Å². The van der Waals surface area contributed by atoms with E-state index in [2.05, 4.69) is 26.1 Å². The van der Waals surface area contributed by atoms with Crippen LogP contribution in [0.5, 0.6) is 0 Å². The molecule has 1 aliphatic heterocycles. The zero-order valence-corrected chi connectivity index (χ0v) is 13.1. The minimum Gasteiger partial charge on any atom is -0.398 e. The van der Waals surface area contributed by atoms with Crippen molar-refractivity contribution < 1.29 is 9.53 Å². The first-order chi connectivity index (χ1) is 9.56. The number of carbonyl (C=O) groups is 1. The fourth-order valence-electron chi connectivity index (χ4n) is 2.19. The normalized spacial score (nSPS) is 17.7. The maximum atomic E-state index is 12.1. The molecule has 6 heteroatoms. The molecule has 1 heterocycles. The third-order valence-corrected chi connectivity index (χ3v) is 3.96. The van der Waals surface area contributed by atoms with Crippen LogP contribution in [0.25, 0.3) is 0 Å². The van der Waals surface area contributed by atoms with Crippen LogP contribution in [0.1, 0.15) is 17.3 Å². The van der Waals surface area contributed by atoms with Gasteiger partial charge in [-0.3, -0.25) is 9.69 Å². The SMILES string of the molecule is CC(CN1CCOCC1)NC(=O)c1ccc(N)c(Br)c1. The van der Waals surface area contributed by atoms with E-state index in [-0.39, 0.29) is 11.9 Å². The van der Waals surface area contributed by atoms with Crippen LogP contribution in [0.2, 0.25) is 0 Å². The van der Waals surface area contributed by atoms with Crippen molar-refractivity contribution in [1.29, 1.82) is 0 Å². The Morgan fingerprint density at radius 2 is 2.20 bits per heavy atom. The molecular weight excluding hydrogens is 322 g/mol. The lowest BCUT2D eigenvalue weighted by molar-refractivity contribution is 0.0342. The van der Waals surface area contributed by atoms with Gasteiger partial charge in [-0.25, -0.2) is 0 Å². The van der Waals surface area contributed by atoms with E-state index in [1.165, 1.54) is 0 Å². The van der Waals surface area contributed by atoms with Crippen molar-refractivity contribution >= 4 is 27.5 Å². The number of morpholine rings is 1. The summed E-state index contributed by atoms with van der Waals surface area (Å²) in [6.07, 6.45) is 0. The van der Waals surface area contributed by atoms with Crippen LogP contribution >= 0.6 is 15.9 Å². The van der Waals surface area contributed by atoms with Crippen molar-refractivity contribution in [2.24, 2.45) is 0 Å². The third kappa shape index (κ3) is 4.19. The molecule has 0 radical (unpaired) electrons. The zero-order valence-electron chi connectivity index (χ0n) is 11.6. The number of hydrogen-bond donors (Lipinski definition) is 2. The molecule has 0 spiro atoms. The zero-order chi connectivity index (χ0) is 14.5. The van der Waals surface area contributed by atoms with E-state index in [0.29, 0.717) is 11.3 Å². The van der Waals surface area contributed by atoms with Gasteiger partial charge in [0.15, 0.2) is 0 Å². The van der Waals surface area contributed by atoms with Gasteiger partial charge in [0.05, 0.1) is 13.2 Å². The molecule has 110 valence electrons. The fourth-order valence-corrected chi connectivity index (χ4v) is 2.57. The number of amides is 1. The molecule has 1 atom stereocenters. The summed E-state index contributed by atoms with van der Waals surface area (Å²) in [4.78, 5) is 14.4. The molecule has 0 aliphatic carbocycles. The number of carbonyl (C=O) groups excluding carboxylic acids is 1. The highest BCUT2D eigenvalue weighted by Crippen LogP contribution is 2.20. The topological polar surface area (TPSA) is 67.6 Å². The maximum absolute atomic E-state index is 12.1. The van der Waals surface area contributed by atoms with Crippen LogP contribution in [0.4, 0.5) is 5.69 Å². The number of ether oxygens (including phenoxy) is 1. The van der Waals surface area contributed by atoms with Gasteiger partial charge in [-0.15, -0.1) is 0 Å². The van der Waals surface area contributed by atoms with E-state index in [1.54, 1.807) is 18.2 Å². The standard InChI is InChI=1S/C14H20BrN3O2/c1-10(9-18-4-6-20-7-5-18)17-14(19)11-2-3-13(16)12(15)8-11/h2-3,8,10H,4-7,9,16H2,1H3,(H,17,19). The first-order valence-corrected chi connectivity index (χ1v) is 7.51. The first-order valence-electron chi connectivity index (χ1n) is 6.72. The second-order valence-corrected chi connectivity index (χ2v) is 5.88. The number of anilines is 1. The number of nitrogens with one attached hydrogen (secondary N) is 1. The molecule has 2 rings (SSSR count). The number of benzene rings is 1. The highest BCUT2D eigenvalue weighted by molar-refractivity contribution is 9.10. The Balaban J connectivity index is 1.87. The number of nitrogens with zero attached hydrogens (tertiary/aromatic N) is 1. The molecule has 1 saturated heterocycles. The number of rotatable bonds is 4. The summed E-state index contributed by atoms with van der Waals surface area (Å²) < 4.78 is 6.05. The highest BCUT2D eigenvalue weighted by atomic mass is 79.9. The number of nitrogens with two attached hydrogens (primary N) is 1. The summed E-state index contributed by atoms with van der Waals surface area (Å²) >= 11 is 3.33. The van der Waals surface area contributed by atoms with E-state index in [4.69, 9.17) is 10.5 Å². The molecule has 0 bridgehead atoms. The number of halogens is 1. The Kier molecular flexibility index (Phi) is 5.39. The van der Waals surface area contributed by atoms with Gasteiger partial charge in [0.2, 0.25) is 0 Å². The Labute approximate surface area is 127 Å². The van der Waals surface area contributed by atoms with E-state index in [0.717, 1.165) is 37.3 Å². The largest absolute Gasteiger partial charge is 0.398 e. The van der Waals surface area contributed by atoms with Gasteiger partial charge in [0.25, 0.3) is 5.91 Å². The second kappa shape index (κ2) is 7.06. The third-order valence-electron chi connectivity index (χ3n) is 3.28. The van der Waals surface area contributed by atoms with Crippen LogP contribution in [-0.4, -0.2) is 49.7 Å². The van der Waals surface area contributed by atoms with Gasteiger partial charge in [0.1, 0.15) is 0 Å². The molecule has 1 fully saturated rings. The smallest absolute Gasteiger partial charge is 0.251 e. The Morgan fingerprint density at radius 1 is 1.50 bits per heavy atom. The quantitative estimate of drug-likeness (QED) is 0.814. The lowest BCUT2D eigenvalue weighted by Crippen LogP contribution is -2.46. The van der Waals surface area contributed by atoms with Gasteiger partial charge in [-0.1, -0.05) is 0 Å². The van der Waals surface area contributed by atoms with Crippen molar-refractivity contribution in [2.75, 3.05) is 38.6 Å². The predicted molar refractivity (Wildman–Crippen MR) is 82.7 cm³/mol. The fraction of sp³-hybridized carbons (Fsp3) is 0.500. The summed E-state index contributed by atoms with van der Waals surface area (Å²) in [5, 5.41) is 3.01. The number of hydrogen-bond acceptors (Lipinski definition) is 4. The first kappa shape index (κ1) is 15.3. The summed E-state index contributed by atoms with van der Waals surface area (Å²) in [5.41, 5.74) is 6.96. The molecule has 1 amide bonds. The van der Waals surface area contributed by atoms with Crippen LogP contribution < -0.4 is 11.1 Å². The van der Waals surface area contributed by atoms with E-state index in [9.17, 15) is 4.79 Å². The maximum Gasteiger partial charge on any atom is 0.251 e. The molecule has 1 aliphatic rings. The van der Waals surface area contributed by atoms with Crippen molar-refractivity contribution in [3.63, 3.8) is 0 Å². The molecule has 0 saturated carbocycles. The predicted octanol–water partition coefficient (Wildman–Crippen LogP) is 1.48. The van der Waals surface area contributed by atoms with Gasteiger partial charge in [-0.2, -0.15) is 0 Å².